The Kier molecular flexibility index (Phi) is 5.71. The summed E-state index contributed by atoms with van der Waals surface area (Å²) in [5.41, 5.74) is 0. The highest BCUT2D eigenvalue weighted by molar-refractivity contribution is 5.66. The molecule has 0 saturated carbocycles. The van der Waals surface area contributed by atoms with Crippen LogP contribution in [-0.4, -0.2) is 56.9 Å². The summed E-state index contributed by atoms with van der Waals surface area (Å²) in [5, 5.41) is 0. The number of rotatable bonds is 5. The van der Waals surface area contributed by atoms with E-state index in [4.69, 9.17) is 23.7 Å². The first kappa shape index (κ1) is 15.9. The van der Waals surface area contributed by atoms with Crippen molar-refractivity contribution < 1.29 is 33.3 Å². The highest BCUT2D eigenvalue weighted by Gasteiger charge is 2.50. The zero-order valence-corrected chi connectivity index (χ0v) is 11.7. The molecule has 0 aromatic rings. The zero-order valence-electron chi connectivity index (χ0n) is 11.7. The topological polar surface area (TPSA) is 80.3 Å². The number of carbonyl (C=O) groups is 2. The summed E-state index contributed by atoms with van der Waals surface area (Å²) >= 11 is 0. The van der Waals surface area contributed by atoms with Gasteiger partial charge >= 0.3 is 11.9 Å². The van der Waals surface area contributed by atoms with Crippen molar-refractivity contribution in [3.8, 4) is 0 Å². The molecular weight excluding hydrogens is 256 g/mol. The molecule has 0 aromatic carbocycles. The Morgan fingerprint density at radius 2 is 1.68 bits per heavy atom. The van der Waals surface area contributed by atoms with Crippen LogP contribution in [-0.2, 0) is 33.3 Å². The molecule has 1 saturated heterocycles. The van der Waals surface area contributed by atoms with Gasteiger partial charge in [0.25, 0.3) is 0 Å². The Labute approximate surface area is 112 Å². The van der Waals surface area contributed by atoms with Crippen molar-refractivity contribution in [3.05, 3.63) is 0 Å². The molecule has 0 aromatic heterocycles. The molecule has 1 rings (SSSR count). The van der Waals surface area contributed by atoms with Gasteiger partial charge in [0.2, 0.25) is 0 Å². The van der Waals surface area contributed by atoms with E-state index in [1.54, 1.807) is 6.92 Å². The molecule has 0 bridgehead atoms. The Morgan fingerprint density at radius 3 is 2.11 bits per heavy atom. The second-order valence-corrected chi connectivity index (χ2v) is 4.29. The molecule has 1 aliphatic rings. The second-order valence-electron chi connectivity index (χ2n) is 4.29. The highest BCUT2D eigenvalue weighted by atomic mass is 16.7. The van der Waals surface area contributed by atoms with Crippen molar-refractivity contribution in [2.24, 2.45) is 0 Å². The predicted molar refractivity (Wildman–Crippen MR) is 63.2 cm³/mol. The normalized spacial score (nSPS) is 31.8. The summed E-state index contributed by atoms with van der Waals surface area (Å²) in [5.74, 6) is -0.880. The van der Waals surface area contributed by atoms with Crippen LogP contribution in [0, 0.1) is 0 Å². The van der Waals surface area contributed by atoms with Gasteiger partial charge in [0.15, 0.2) is 12.4 Å². The number of ether oxygens (including phenoxy) is 5. The zero-order chi connectivity index (χ0) is 14.6. The molecule has 7 nitrogen and oxygen atoms in total. The molecule has 1 aliphatic heterocycles. The van der Waals surface area contributed by atoms with Crippen molar-refractivity contribution in [1.82, 2.24) is 0 Å². The Bertz CT molecular complexity index is 330. The summed E-state index contributed by atoms with van der Waals surface area (Å²) < 4.78 is 26.2. The van der Waals surface area contributed by atoms with Gasteiger partial charge in [-0.05, 0) is 6.92 Å². The third-order valence-electron chi connectivity index (χ3n) is 2.83. The van der Waals surface area contributed by atoms with Gasteiger partial charge in [-0.15, -0.1) is 0 Å². The molecule has 7 heteroatoms. The van der Waals surface area contributed by atoms with E-state index in [2.05, 4.69) is 0 Å². The van der Waals surface area contributed by atoms with Gasteiger partial charge in [-0.3, -0.25) is 9.59 Å². The van der Waals surface area contributed by atoms with Crippen molar-refractivity contribution in [2.45, 2.75) is 51.5 Å². The quantitative estimate of drug-likeness (QED) is 0.666. The number of carbonyl (C=O) groups excluding carboxylic acids is 2. The lowest BCUT2D eigenvalue weighted by Gasteiger charge is -2.24. The van der Waals surface area contributed by atoms with Crippen molar-refractivity contribution in [1.29, 1.82) is 0 Å². The average molecular weight is 276 g/mol. The van der Waals surface area contributed by atoms with E-state index in [0.717, 1.165) is 0 Å². The fraction of sp³-hybridized carbons (Fsp3) is 0.833. The average Bonchev–Trinajstić information content (AvgIpc) is 2.65. The maximum atomic E-state index is 11.1. The van der Waals surface area contributed by atoms with Gasteiger partial charge in [-0.25, -0.2) is 0 Å². The van der Waals surface area contributed by atoms with Gasteiger partial charge < -0.3 is 23.7 Å². The Balaban J connectivity index is 2.83. The maximum absolute atomic E-state index is 11.1. The first-order valence-electron chi connectivity index (χ1n) is 5.96. The first-order valence-corrected chi connectivity index (χ1v) is 5.96. The van der Waals surface area contributed by atoms with Crippen molar-refractivity contribution in [3.63, 3.8) is 0 Å². The van der Waals surface area contributed by atoms with E-state index in [-0.39, 0.29) is 0 Å². The van der Waals surface area contributed by atoms with Gasteiger partial charge in [0.05, 0.1) is 0 Å². The number of hydrogen-bond acceptors (Lipinski definition) is 7. The Hall–Kier alpha value is -1.18. The lowest BCUT2D eigenvalue weighted by atomic mass is 10.1. The number of hydrogen-bond donors (Lipinski definition) is 0. The van der Waals surface area contributed by atoms with E-state index < -0.39 is 42.6 Å². The molecule has 0 radical (unpaired) electrons. The molecule has 1 unspecified atom stereocenters. The fourth-order valence-corrected chi connectivity index (χ4v) is 2.13. The summed E-state index contributed by atoms with van der Waals surface area (Å²) in [6.45, 7) is 4.29. The standard InChI is InChI=1S/C12H20O7/c1-6(17-7(2)13)9-10(15-4)11(18-8(3)14)12(16-5)19-9/h6,9-12H,1-5H3/t6-,9-,10+,11+,12?/m0/s1. The van der Waals surface area contributed by atoms with Crippen LogP contribution in [0.5, 0.6) is 0 Å². The minimum atomic E-state index is -0.753. The van der Waals surface area contributed by atoms with E-state index in [0.29, 0.717) is 0 Å². The van der Waals surface area contributed by atoms with Crippen LogP contribution in [0.25, 0.3) is 0 Å². The number of esters is 2. The Morgan fingerprint density at radius 1 is 1.05 bits per heavy atom. The van der Waals surface area contributed by atoms with Gasteiger partial charge in [-0.2, -0.15) is 0 Å². The van der Waals surface area contributed by atoms with Crippen molar-refractivity contribution >= 4 is 11.9 Å². The van der Waals surface area contributed by atoms with Crippen molar-refractivity contribution in [2.75, 3.05) is 14.2 Å². The molecule has 110 valence electrons. The third kappa shape index (κ3) is 3.89. The summed E-state index contributed by atoms with van der Waals surface area (Å²) in [4.78, 5) is 22.1. The monoisotopic (exact) mass is 276 g/mol. The van der Waals surface area contributed by atoms with Gasteiger partial charge in [-0.1, -0.05) is 0 Å². The van der Waals surface area contributed by atoms with Crippen LogP contribution in [0.3, 0.4) is 0 Å². The van der Waals surface area contributed by atoms with E-state index in [9.17, 15) is 9.59 Å². The SMILES string of the molecule is COC1O[C@@H]([C@H](C)OC(C)=O)[C@@H](OC)[C@H]1OC(C)=O. The molecule has 0 N–H and O–H groups in total. The van der Waals surface area contributed by atoms with Crippen LogP contribution in [0.1, 0.15) is 20.8 Å². The molecule has 1 fully saturated rings. The minimum Gasteiger partial charge on any atom is -0.460 e. The first-order chi connectivity index (χ1) is 8.90. The van der Waals surface area contributed by atoms with Gasteiger partial charge in [0, 0.05) is 28.1 Å². The summed E-state index contributed by atoms with van der Waals surface area (Å²) in [7, 11) is 2.91. The molecule has 0 aliphatic carbocycles. The number of methoxy groups -OCH3 is 2. The van der Waals surface area contributed by atoms with Crippen LogP contribution in [0.2, 0.25) is 0 Å². The molecule has 5 atom stereocenters. The predicted octanol–water partition coefficient (Wildman–Crippen LogP) is 0.256. The van der Waals surface area contributed by atoms with Gasteiger partial charge in [0.1, 0.15) is 18.3 Å². The highest BCUT2D eigenvalue weighted by Crippen LogP contribution is 2.29. The second kappa shape index (κ2) is 6.83. The fourth-order valence-electron chi connectivity index (χ4n) is 2.13. The lowest BCUT2D eigenvalue weighted by molar-refractivity contribution is -0.185. The molecular formula is C12H20O7. The minimum absolute atomic E-state index is 0.421. The molecule has 0 spiro atoms. The maximum Gasteiger partial charge on any atom is 0.303 e. The summed E-state index contributed by atoms with van der Waals surface area (Å²) in [6.07, 6.45) is -3.13. The van der Waals surface area contributed by atoms with Crippen LogP contribution < -0.4 is 0 Å². The van der Waals surface area contributed by atoms with E-state index >= 15 is 0 Å². The summed E-state index contributed by atoms with van der Waals surface area (Å²) in [6, 6.07) is 0. The molecule has 0 amide bonds. The molecule has 1 heterocycles. The molecule has 19 heavy (non-hydrogen) atoms. The van der Waals surface area contributed by atoms with E-state index in [1.807, 2.05) is 0 Å². The largest absolute Gasteiger partial charge is 0.460 e. The lowest BCUT2D eigenvalue weighted by Crippen LogP contribution is -2.42. The third-order valence-corrected chi connectivity index (χ3v) is 2.83. The smallest absolute Gasteiger partial charge is 0.303 e. The van der Waals surface area contributed by atoms with E-state index in [1.165, 1.54) is 28.1 Å². The van der Waals surface area contributed by atoms with Crippen LogP contribution in [0.15, 0.2) is 0 Å². The van der Waals surface area contributed by atoms with Crippen LogP contribution in [0.4, 0.5) is 0 Å². The van der Waals surface area contributed by atoms with Crippen LogP contribution >= 0.6 is 0 Å².